The van der Waals surface area contributed by atoms with Crippen molar-refractivity contribution in [3.63, 3.8) is 0 Å². The molecule has 1 aromatic carbocycles. The number of hydrogen-bond acceptors (Lipinski definition) is 5. The number of carbonyl (C=O) groups excluding carboxylic acids is 1. The minimum atomic E-state index is -1.24. The largest absolute Gasteiger partial charge is 0.481 e. The summed E-state index contributed by atoms with van der Waals surface area (Å²) in [5.74, 6) is -0.616. The fourth-order valence-electron chi connectivity index (χ4n) is 6.01. The number of nitrogens with two attached hydrogens (primary N) is 2. The van der Waals surface area contributed by atoms with Gasteiger partial charge in [-0.2, -0.15) is 0 Å². The van der Waals surface area contributed by atoms with E-state index in [1.807, 2.05) is 18.2 Å². The standard InChI is InChI=1S/C22H29N3O4/c1-12(13-5-3-2-4-6-13)11-14-7-9-16(26)25(20-18(14)19(23)21(20)25)15(22(24)29)8-10-17(27)28/h2-6,11-12,15,18-22,29H,7-10,23-24H2,1H3/p+1. The summed E-state index contributed by atoms with van der Waals surface area (Å²) < 4.78 is 0.0772. The fourth-order valence-corrected chi connectivity index (χ4v) is 6.01. The van der Waals surface area contributed by atoms with Crippen LogP contribution in [0, 0.1) is 5.92 Å². The zero-order chi connectivity index (χ0) is 20.9. The normalized spacial score (nSPS) is 37.1. The van der Waals surface area contributed by atoms with E-state index >= 15 is 0 Å². The summed E-state index contributed by atoms with van der Waals surface area (Å²) in [5.41, 5.74) is 14.8. The molecule has 8 atom stereocenters. The number of rotatable bonds is 7. The lowest BCUT2D eigenvalue weighted by atomic mass is 9.73. The van der Waals surface area contributed by atoms with Gasteiger partial charge in [0.15, 0.2) is 18.3 Å². The molecule has 1 saturated carbocycles. The Morgan fingerprint density at radius 1 is 1.28 bits per heavy atom. The molecular weight excluding hydrogens is 370 g/mol. The van der Waals surface area contributed by atoms with Crippen molar-refractivity contribution in [2.24, 2.45) is 17.4 Å². The minimum absolute atomic E-state index is 0.0196. The number of aliphatic hydroxyl groups is 1. The Kier molecular flexibility index (Phi) is 5.11. The highest BCUT2D eigenvalue weighted by molar-refractivity contribution is 5.74. The molecular formula is C22H30N3O4+. The van der Waals surface area contributed by atoms with E-state index in [4.69, 9.17) is 16.6 Å². The van der Waals surface area contributed by atoms with Gasteiger partial charge in [-0.05, 0) is 17.9 Å². The molecule has 3 aliphatic rings. The van der Waals surface area contributed by atoms with Gasteiger partial charge < -0.3 is 21.7 Å². The summed E-state index contributed by atoms with van der Waals surface area (Å²) in [6, 6.07) is 9.40. The third-order valence-corrected chi connectivity index (χ3v) is 7.30. The number of carboxylic acid groups (broad SMARTS) is 1. The van der Waals surface area contributed by atoms with Crippen LogP contribution in [0.15, 0.2) is 42.0 Å². The van der Waals surface area contributed by atoms with Gasteiger partial charge in [0.1, 0.15) is 6.04 Å². The van der Waals surface area contributed by atoms with Gasteiger partial charge in [-0.25, -0.2) is 9.28 Å². The highest BCUT2D eigenvalue weighted by Crippen LogP contribution is 2.64. The van der Waals surface area contributed by atoms with Crippen molar-refractivity contribution < 1.29 is 24.3 Å². The lowest BCUT2D eigenvalue weighted by Crippen LogP contribution is -2.55. The first-order valence-electron chi connectivity index (χ1n) is 10.4. The number of aliphatic carboxylic acids is 1. The van der Waals surface area contributed by atoms with Crippen LogP contribution < -0.4 is 11.5 Å². The zero-order valence-electron chi connectivity index (χ0n) is 16.6. The topological polar surface area (TPSA) is 127 Å². The summed E-state index contributed by atoms with van der Waals surface area (Å²) in [6.45, 7) is 2.14. The van der Waals surface area contributed by atoms with Crippen molar-refractivity contribution >= 4 is 11.9 Å². The Morgan fingerprint density at radius 3 is 2.59 bits per heavy atom. The zero-order valence-corrected chi connectivity index (χ0v) is 16.6. The SMILES string of the molecule is CC(C=C1CCC(=O)[N+]2(C(CCC(=O)O)C(N)O)C3C(N)C1C32)c1ccccc1. The summed E-state index contributed by atoms with van der Waals surface area (Å²) in [7, 11) is 0. The van der Waals surface area contributed by atoms with Gasteiger partial charge in [-0.15, -0.1) is 0 Å². The number of carbonyl (C=O) groups is 2. The molecule has 2 saturated heterocycles. The minimum Gasteiger partial charge on any atom is -0.481 e. The number of hydrogen-bond donors (Lipinski definition) is 4. The van der Waals surface area contributed by atoms with Crippen molar-refractivity contribution in [2.75, 3.05) is 0 Å². The molecule has 1 aromatic rings. The molecule has 0 spiro atoms. The van der Waals surface area contributed by atoms with Crippen molar-refractivity contribution in [1.29, 1.82) is 0 Å². The molecule has 29 heavy (non-hydrogen) atoms. The molecule has 4 rings (SSSR count). The number of fused-ring (bicyclic) bond motifs is 1. The first-order valence-corrected chi connectivity index (χ1v) is 10.4. The average Bonchev–Trinajstić information content (AvgIpc) is 3.31. The van der Waals surface area contributed by atoms with Gasteiger partial charge in [0, 0.05) is 6.42 Å². The monoisotopic (exact) mass is 400 g/mol. The van der Waals surface area contributed by atoms with E-state index in [0.717, 1.165) is 0 Å². The molecule has 7 heteroatoms. The van der Waals surface area contributed by atoms with Gasteiger partial charge in [-0.3, -0.25) is 4.79 Å². The van der Waals surface area contributed by atoms with E-state index in [2.05, 4.69) is 25.1 Å². The second-order valence-corrected chi connectivity index (χ2v) is 8.74. The van der Waals surface area contributed by atoms with Gasteiger partial charge in [0.05, 0.1) is 24.8 Å². The highest BCUT2D eigenvalue weighted by atomic mass is 16.4. The van der Waals surface area contributed by atoms with E-state index in [9.17, 15) is 14.7 Å². The van der Waals surface area contributed by atoms with Crippen molar-refractivity contribution in [3.8, 4) is 0 Å². The van der Waals surface area contributed by atoms with E-state index < -0.39 is 18.2 Å². The third kappa shape index (κ3) is 3.04. The van der Waals surface area contributed by atoms with E-state index in [-0.39, 0.29) is 53.2 Å². The second-order valence-electron chi connectivity index (χ2n) is 8.74. The predicted octanol–water partition coefficient (Wildman–Crippen LogP) is 1.07. The van der Waals surface area contributed by atoms with Crippen LogP contribution in [0.4, 0.5) is 0 Å². The Balaban J connectivity index is 1.63. The summed E-state index contributed by atoms with van der Waals surface area (Å²) in [5, 5.41) is 19.3. The molecule has 2 heterocycles. The summed E-state index contributed by atoms with van der Waals surface area (Å²) >= 11 is 0. The van der Waals surface area contributed by atoms with Gasteiger partial charge in [0.25, 0.3) is 0 Å². The molecule has 7 nitrogen and oxygen atoms in total. The van der Waals surface area contributed by atoms with Crippen LogP contribution in [0.5, 0.6) is 0 Å². The summed E-state index contributed by atoms with van der Waals surface area (Å²) in [6.07, 6.45) is 2.08. The predicted molar refractivity (Wildman–Crippen MR) is 107 cm³/mol. The first-order chi connectivity index (χ1) is 13.8. The quantitative estimate of drug-likeness (QED) is 0.235. The van der Waals surface area contributed by atoms with Crippen molar-refractivity contribution in [3.05, 3.63) is 47.5 Å². The number of benzene rings is 1. The lowest BCUT2D eigenvalue weighted by molar-refractivity contribution is -0.776. The average molecular weight is 400 g/mol. The fraction of sp³-hybridized carbons (Fsp3) is 0.545. The van der Waals surface area contributed by atoms with E-state index in [1.165, 1.54) is 11.1 Å². The van der Waals surface area contributed by atoms with Crippen LogP contribution in [-0.2, 0) is 9.59 Å². The number of carboxylic acids is 1. The molecule has 0 bridgehead atoms. The smallest absolute Gasteiger partial charge is 0.315 e. The number of amides is 1. The van der Waals surface area contributed by atoms with Gasteiger partial charge in [-0.1, -0.05) is 48.9 Å². The van der Waals surface area contributed by atoms with Crippen LogP contribution in [0.25, 0.3) is 0 Å². The Labute approximate surface area is 170 Å². The molecule has 3 fully saturated rings. The van der Waals surface area contributed by atoms with E-state index in [0.29, 0.717) is 12.8 Å². The molecule has 1 amide bonds. The number of quaternary nitrogens is 1. The molecule has 0 radical (unpaired) electrons. The highest BCUT2D eigenvalue weighted by Gasteiger charge is 2.87. The number of aliphatic hydroxyl groups excluding tert-OH is 1. The lowest BCUT2D eigenvalue weighted by Gasteiger charge is -2.30. The number of nitrogens with zero attached hydrogens (tertiary/aromatic N) is 1. The maximum absolute atomic E-state index is 13.2. The van der Waals surface area contributed by atoms with Crippen molar-refractivity contribution in [2.45, 2.75) is 68.9 Å². The maximum atomic E-state index is 13.2. The van der Waals surface area contributed by atoms with Crippen LogP contribution in [-0.4, -0.2) is 57.0 Å². The molecule has 156 valence electrons. The Bertz CT molecular complexity index is 840. The second kappa shape index (κ2) is 7.32. The molecule has 2 aliphatic heterocycles. The Morgan fingerprint density at radius 2 is 1.97 bits per heavy atom. The van der Waals surface area contributed by atoms with Crippen molar-refractivity contribution in [1.82, 2.24) is 0 Å². The van der Waals surface area contributed by atoms with Crippen LogP contribution in [0.1, 0.15) is 44.1 Å². The molecule has 6 N–H and O–H groups in total. The molecule has 8 unspecified atom stereocenters. The van der Waals surface area contributed by atoms with Gasteiger partial charge >= 0.3 is 11.9 Å². The Hall–Kier alpha value is -2.06. The van der Waals surface area contributed by atoms with Crippen LogP contribution >= 0.6 is 0 Å². The third-order valence-electron chi connectivity index (χ3n) is 7.30. The molecule has 0 aromatic heterocycles. The van der Waals surface area contributed by atoms with Crippen LogP contribution in [0.3, 0.4) is 0 Å². The first kappa shape index (κ1) is 20.2. The summed E-state index contributed by atoms with van der Waals surface area (Å²) in [4.78, 5) is 24.3. The number of allylic oxidation sites excluding steroid dienone is 1. The van der Waals surface area contributed by atoms with Crippen LogP contribution in [0.2, 0.25) is 0 Å². The maximum Gasteiger partial charge on any atom is 0.315 e. The van der Waals surface area contributed by atoms with Gasteiger partial charge in [0.2, 0.25) is 0 Å². The molecule has 1 aliphatic carbocycles. The van der Waals surface area contributed by atoms with E-state index in [1.54, 1.807) is 0 Å².